The fraction of sp³-hybridized carbons (Fsp3) is 0.600. The fourth-order valence-corrected chi connectivity index (χ4v) is 3.22. The van der Waals surface area contributed by atoms with Crippen LogP contribution >= 0.6 is 9.24 Å². The molecule has 0 spiro atoms. The van der Waals surface area contributed by atoms with Crippen molar-refractivity contribution in [1.29, 1.82) is 0 Å². The van der Waals surface area contributed by atoms with Crippen LogP contribution in [0.3, 0.4) is 0 Å². The summed E-state index contributed by atoms with van der Waals surface area (Å²) in [5.74, 6) is 0. The number of hydrogen-bond acceptors (Lipinski definition) is 0. The van der Waals surface area contributed by atoms with Crippen molar-refractivity contribution in [1.82, 2.24) is 0 Å². The highest BCUT2D eigenvalue weighted by molar-refractivity contribution is 7.16. The van der Waals surface area contributed by atoms with Crippen molar-refractivity contribution in [2.45, 2.75) is 51.9 Å². The molecule has 1 unspecified atom stereocenters. The van der Waals surface area contributed by atoms with Crippen LogP contribution in [0.15, 0.2) is 12.1 Å². The molecule has 2 rings (SSSR count). The van der Waals surface area contributed by atoms with E-state index in [-0.39, 0.29) is 0 Å². The van der Waals surface area contributed by atoms with Crippen LogP contribution in [-0.4, -0.2) is 6.16 Å². The van der Waals surface area contributed by atoms with E-state index in [0.717, 1.165) is 0 Å². The quantitative estimate of drug-likeness (QED) is 0.686. The van der Waals surface area contributed by atoms with Gasteiger partial charge in [0, 0.05) is 0 Å². The maximum atomic E-state index is 2.86. The Labute approximate surface area is 102 Å². The second kappa shape index (κ2) is 4.49. The molecule has 88 valence electrons. The molecular formula is C15H23P. The lowest BCUT2D eigenvalue weighted by Gasteiger charge is -2.22. The normalized spacial score (nSPS) is 17.5. The van der Waals surface area contributed by atoms with Crippen molar-refractivity contribution in [3.05, 3.63) is 34.4 Å². The Hall–Kier alpha value is -0.350. The van der Waals surface area contributed by atoms with Gasteiger partial charge in [0.25, 0.3) is 0 Å². The van der Waals surface area contributed by atoms with Crippen molar-refractivity contribution in [2.24, 2.45) is 0 Å². The molecule has 1 heteroatoms. The Bertz CT molecular complexity index is 389. The molecule has 0 bridgehead atoms. The van der Waals surface area contributed by atoms with Gasteiger partial charge in [0.2, 0.25) is 0 Å². The van der Waals surface area contributed by atoms with Gasteiger partial charge in [-0.1, -0.05) is 19.1 Å². The average molecular weight is 234 g/mol. The number of aryl methyl sites for hydroxylation is 2. The minimum atomic E-state index is 0.547. The largest absolute Gasteiger partial charge is 0.137 e. The molecule has 1 aromatic rings. The maximum Gasteiger partial charge on any atom is -0.00435 e. The van der Waals surface area contributed by atoms with Gasteiger partial charge in [-0.05, 0) is 73.4 Å². The van der Waals surface area contributed by atoms with Crippen LogP contribution < -0.4 is 0 Å². The smallest absolute Gasteiger partial charge is 0.00435 e. The van der Waals surface area contributed by atoms with Gasteiger partial charge in [-0.3, -0.25) is 0 Å². The molecule has 1 aliphatic carbocycles. The van der Waals surface area contributed by atoms with E-state index in [2.05, 4.69) is 42.1 Å². The zero-order valence-electron chi connectivity index (χ0n) is 10.8. The zero-order chi connectivity index (χ0) is 11.8. The monoisotopic (exact) mass is 234 g/mol. The summed E-state index contributed by atoms with van der Waals surface area (Å²) >= 11 is 0. The third kappa shape index (κ3) is 1.93. The summed E-state index contributed by atoms with van der Waals surface area (Å²) in [4.78, 5) is 0. The Morgan fingerprint density at radius 2 is 1.94 bits per heavy atom. The molecule has 0 heterocycles. The lowest BCUT2D eigenvalue weighted by molar-refractivity contribution is 0.650. The minimum absolute atomic E-state index is 0.547. The topological polar surface area (TPSA) is 0 Å². The molecule has 0 nitrogen and oxygen atoms in total. The Kier molecular flexibility index (Phi) is 3.40. The van der Waals surface area contributed by atoms with E-state index in [1.165, 1.54) is 37.4 Å². The molecule has 0 amide bonds. The molecule has 0 saturated heterocycles. The Morgan fingerprint density at radius 1 is 1.25 bits per heavy atom. The van der Waals surface area contributed by atoms with Crippen molar-refractivity contribution in [3.8, 4) is 0 Å². The molecule has 1 aromatic carbocycles. The molecule has 0 aliphatic heterocycles. The van der Waals surface area contributed by atoms with Crippen LogP contribution in [0, 0.1) is 13.8 Å². The number of rotatable bonds is 4. The highest BCUT2D eigenvalue weighted by Crippen LogP contribution is 2.53. The lowest BCUT2D eigenvalue weighted by atomic mass is 9.83. The molecule has 0 radical (unpaired) electrons. The summed E-state index contributed by atoms with van der Waals surface area (Å²) in [6.07, 6.45) is 6.49. The minimum Gasteiger partial charge on any atom is -0.137 e. The molecule has 1 saturated carbocycles. The van der Waals surface area contributed by atoms with Crippen LogP contribution in [0.1, 0.15) is 48.4 Å². The summed E-state index contributed by atoms with van der Waals surface area (Å²) in [7, 11) is 2.86. The van der Waals surface area contributed by atoms with E-state index in [9.17, 15) is 0 Å². The Balaban J connectivity index is 2.51. The third-order valence-corrected chi connectivity index (χ3v) is 4.59. The van der Waals surface area contributed by atoms with E-state index in [1.54, 1.807) is 16.7 Å². The van der Waals surface area contributed by atoms with E-state index < -0.39 is 0 Å². The fourth-order valence-electron chi connectivity index (χ4n) is 2.91. The van der Waals surface area contributed by atoms with Gasteiger partial charge in [0.15, 0.2) is 0 Å². The first-order chi connectivity index (χ1) is 7.64. The second-order valence-corrected chi connectivity index (χ2v) is 5.79. The van der Waals surface area contributed by atoms with E-state index in [0.29, 0.717) is 5.41 Å². The summed E-state index contributed by atoms with van der Waals surface area (Å²) in [6.45, 7) is 6.90. The molecule has 16 heavy (non-hydrogen) atoms. The first-order valence-electron chi connectivity index (χ1n) is 6.44. The molecular weight excluding hydrogens is 211 g/mol. The van der Waals surface area contributed by atoms with Crippen LogP contribution in [0.2, 0.25) is 0 Å². The van der Waals surface area contributed by atoms with E-state index >= 15 is 0 Å². The predicted octanol–water partition coefficient (Wildman–Crippen LogP) is 4.16. The lowest BCUT2D eigenvalue weighted by Crippen LogP contribution is -2.12. The number of hydrogen-bond donors (Lipinski definition) is 0. The first-order valence-corrected chi connectivity index (χ1v) is 7.26. The Morgan fingerprint density at radius 3 is 2.44 bits per heavy atom. The summed E-state index contributed by atoms with van der Waals surface area (Å²) in [5.41, 5.74) is 6.85. The van der Waals surface area contributed by atoms with E-state index in [1.807, 2.05) is 0 Å². The van der Waals surface area contributed by atoms with E-state index in [4.69, 9.17) is 0 Å². The van der Waals surface area contributed by atoms with Crippen LogP contribution in [0.5, 0.6) is 0 Å². The highest BCUT2D eigenvalue weighted by Gasteiger charge is 2.44. The standard InChI is InChI=1S/C15H23P/c1-4-15(8-9-15)14-12(3)11(2)5-6-13(14)7-10-16/h5-6H,4,7-10,16H2,1-3H3. The van der Waals surface area contributed by atoms with Gasteiger partial charge < -0.3 is 0 Å². The maximum absolute atomic E-state index is 2.86. The van der Waals surface area contributed by atoms with Crippen molar-refractivity contribution in [3.63, 3.8) is 0 Å². The first kappa shape index (κ1) is 12.1. The van der Waals surface area contributed by atoms with Gasteiger partial charge in [0.05, 0.1) is 0 Å². The second-order valence-electron chi connectivity index (χ2n) is 5.21. The van der Waals surface area contributed by atoms with Crippen molar-refractivity contribution < 1.29 is 0 Å². The summed E-state index contributed by atoms with van der Waals surface area (Å²) < 4.78 is 0. The molecule has 0 aromatic heterocycles. The van der Waals surface area contributed by atoms with Gasteiger partial charge in [0.1, 0.15) is 0 Å². The van der Waals surface area contributed by atoms with Gasteiger partial charge in [-0.15, -0.1) is 9.24 Å². The van der Waals surface area contributed by atoms with Gasteiger partial charge in [-0.2, -0.15) is 0 Å². The van der Waals surface area contributed by atoms with Crippen molar-refractivity contribution in [2.75, 3.05) is 6.16 Å². The molecule has 1 fully saturated rings. The van der Waals surface area contributed by atoms with Crippen LogP contribution in [0.4, 0.5) is 0 Å². The van der Waals surface area contributed by atoms with Crippen LogP contribution in [-0.2, 0) is 11.8 Å². The van der Waals surface area contributed by atoms with Gasteiger partial charge in [-0.25, -0.2) is 0 Å². The zero-order valence-corrected chi connectivity index (χ0v) is 11.9. The summed E-state index contributed by atoms with van der Waals surface area (Å²) in [6, 6.07) is 4.65. The average Bonchev–Trinajstić information content (AvgIpc) is 3.05. The predicted molar refractivity (Wildman–Crippen MR) is 75.4 cm³/mol. The SMILES string of the molecule is CCC1(c2c(CCP)ccc(C)c2C)CC1. The molecule has 1 aliphatic rings. The molecule has 1 atom stereocenters. The number of benzene rings is 1. The van der Waals surface area contributed by atoms with Crippen molar-refractivity contribution >= 4 is 9.24 Å². The van der Waals surface area contributed by atoms with Gasteiger partial charge >= 0.3 is 0 Å². The third-order valence-electron chi connectivity index (χ3n) is 4.30. The molecule has 0 N–H and O–H groups in total. The highest BCUT2D eigenvalue weighted by atomic mass is 31.0. The van der Waals surface area contributed by atoms with Crippen LogP contribution in [0.25, 0.3) is 0 Å². The summed E-state index contributed by atoms with van der Waals surface area (Å²) in [5, 5.41) is 0.